The number of hydrogen-bond donors (Lipinski definition) is 1. The Balaban J connectivity index is 1.75. The molecular weight excluding hydrogens is 312 g/mol. The SMILES string of the molecule is Cc1cc(C)n(CC(=O)NC2CCCc3sc(C)nc32)c(=O)n1. The highest BCUT2D eigenvalue weighted by molar-refractivity contribution is 7.11. The van der Waals surface area contributed by atoms with E-state index in [9.17, 15) is 9.59 Å². The largest absolute Gasteiger partial charge is 0.348 e. The van der Waals surface area contributed by atoms with Crippen molar-refractivity contribution >= 4 is 17.2 Å². The number of rotatable bonds is 3. The van der Waals surface area contributed by atoms with E-state index in [0.29, 0.717) is 5.69 Å². The summed E-state index contributed by atoms with van der Waals surface area (Å²) in [5.41, 5.74) is 2.02. The van der Waals surface area contributed by atoms with Crippen LogP contribution in [0.15, 0.2) is 10.9 Å². The van der Waals surface area contributed by atoms with Gasteiger partial charge in [0.25, 0.3) is 0 Å². The first-order valence-corrected chi connectivity index (χ1v) is 8.56. The lowest BCUT2D eigenvalue weighted by Gasteiger charge is -2.22. The molecule has 23 heavy (non-hydrogen) atoms. The molecule has 3 rings (SSSR count). The maximum atomic E-state index is 12.4. The summed E-state index contributed by atoms with van der Waals surface area (Å²) in [7, 11) is 0. The van der Waals surface area contributed by atoms with Crippen LogP contribution in [0.2, 0.25) is 0 Å². The summed E-state index contributed by atoms with van der Waals surface area (Å²) in [5.74, 6) is -0.177. The van der Waals surface area contributed by atoms with Gasteiger partial charge in [0.2, 0.25) is 5.91 Å². The van der Waals surface area contributed by atoms with Gasteiger partial charge in [-0.05, 0) is 46.1 Å². The zero-order chi connectivity index (χ0) is 16.6. The zero-order valence-corrected chi connectivity index (χ0v) is 14.4. The minimum absolute atomic E-state index is 0.00704. The van der Waals surface area contributed by atoms with Crippen molar-refractivity contribution in [1.29, 1.82) is 0 Å². The van der Waals surface area contributed by atoms with Crippen LogP contribution in [-0.2, 0) is 17.8 Å². The van der Waals surface area contributed by atoms with E-state index < -0.39 is 0 Å². The van der Waals surface area contributed by atoms with Gasteiger partial charge in [0.05, 0.1) is 16.7 Å². The smallest absolute Gasteiger partial charge is 0.346 e. The Morgan fingerprint density at radius 1 is 1.39 bits per heavy atom. The van der Waals surface area contributed by atoms with Crippen LogP contribution in [0.25, 0.3) is 0 Å². The van der Waals surface area contributed by atoms with E-state index in [0.717, 1.165) is 35.7 Å². The Hall–Kier alpha value is -2.02. The monoisotopic (exact) mass is 332 g/mol. The first-order chi connectivity index (χ1) is 10.9. The molecule has 1 N–H and O–H groups in total. The van der Waals surface area contributed by atoms with Gasteiger partial charge in [0, 0.05) is 16.3 Å². The Morgan fingerprint density at radius 3 is 2.91 bits per heavy atom. The standard InChI is InChI=1S/C16H20N4O2S/c1-9-7-10(2)20(16(22)17-9)8-14(21)19-12-5-4-6-13-15(12)18-11(3)23-13/h7,12H,4-6,8H2,1-3H3,(H,19,21). The number of amides is 1. The van der Waals surface area contributed by atoms with Crippen molar-refractivity contribution in [1.82, 2.24) is 19.9 Å². The predicted molar refractivity (Wildman–Crippen MR) is 88.6 cm³/mol. The molecule has 7 heteroatoms. The summed E-state index contributed by atoms with van der Waals surface area (Å²) in [6.45, 7) is 5.56. The molecule has 0 aromatic carbocycles. The molecule has 0 saturated carbocycles. The highest BCUT2D eigenvalue weighted by Crippen LogP contribution is 2.32. The third-order valence-electron chi connectivity index (χ3n) is 4.04. The first-order valence-electron chi connectivity index (χ1n) is 7.74. The van der Waals surface area contributed by atoms with Crippen LogP contribution in [-0.4, -0.2) is 20.4 Å². The summed E-state index contributed by atoms with van der Waals surface area (Å²) < 4.78 is 1.40. The molecule has 2 aromatic rings. The van der Waals surface area contributed by atoms with Gasteiger partial charge < -0.3 is 5.32 Å². The topological polar surface area (TPSA) is 76.9 Å². The van der Waals surface area contributed by atoms with E-state index in [1.165, 1.54) is 9.44 Å². The average molecular weight is 332 g/mol. The molecule has 2 aromatic heterocycles. The van der Waals surface area contributed by atoms with Crippen molar-refractivity contribution in [2.75, 3.05) is 0 Å². The minimum atomic E-state index is -0.383. The number of nitrogens with one attached hydrogen (secondary N) is 1. The van der Waals surface area contributed by atoms with Crippen LogP contribution in [0.3, 0.4) is 0 Å². The third kappa shape index (κ3) is 3.34. The number of aromatic nitrogens is 3. The molecule has 1 aliphatic rings. The van der Waals surface area contributed by atoms with Crippen molar-refractivity contribution in [2.45, 2.75) is 52.6 Å². The number of carbonyl (C=O) groups is 1. The average Bonchev–Trinajstić information content (AvgIpc) is 2.84. The van der Waals surface area contributed by atoms with Crippen LogP contribution in [0.1, 0.15) is 45.9 Å². The quantitative estimate of drug-likeness (QED) is 0.930. The van der Waals surface area contributed by atoms with Gasteiger partial charge in [-0.3, -0.25) is 9.36 Å². The van der Waals surface area contributed by atoms with E-state index in [4.69, 9.17) is 0 Å². The molecule has 0 bridgehead atoms. The van der Waals surface area contributed by atoms with Gasteiger partial charge in [0.1, 0.15) is 6.54 Å². The summed E-state index contributed by atoms with van der Waals surface area (Å²) in [5, 5.41) is 4.06. The molecule has 0 spiro atoms. The van der Waals surface area contributed by atoms with Crippen molar-refractivity contribution in [3.8, 4) is 0 Å². The predicted octanol–water partition coefficient (Wildman–Crippen LogP) is 1.82. The highest BCUT2D eigenvalue weighted by Gasteiger charge is 2.25. The number of nitrogens with zero attached hydrogens (tertiary/aromatic N) is 3. The minimum Gasteiger partial charge on any atom is -0.346 e. The first kappa shape index (κ1) is 15.9. The molecule has 1 aliphatic carbocycles. The molecule has 1 atom stereocenters. The number of aryl methyl sites for hydroxylation is 4. The van der Waals surface area contributed by atoms with E-state index in [-0.39, 0.29) is 24.2 Å². The molecule has 2 heterocycles. The molecule has 0 aliphatic heterocycles. The van der Waals surface area contributed by atoms with Gasteiger partial charge in [-0.2, -0.15) is 4.98 Å². The Bertz CT molecular complexity index is 809. The Morgan fingerprint density at radius 2 is 2.17 bits per heavy atom. The maximum absolute atomic E-state index is 12.4. The Kier molecular flexibility index (Phi) is 4.30. The zero-order valence-electron chi connectivity index (χ0n) is 13.5. The second-order valence-corrected chi connectivity index (χ2v) is 7.25. The summed E-state index contributed by atoms with van der Waals surface area (Å²) in [6, 6.07) is 1.75. The lowest BCUT2D eigenvalue weighted by Crippen LogP contribution is -2.37. The van der Waals surface area contributed by atoms with Gasteiger partial charge in [-0.15, -0.1) is 11.3 Å². The van der Waals surface area contributed by atoms with E-state index in [2.05, 4.69) is 15.3 Å². The summed E-state index contributed by atoms with van der Waals surface area (Å²) >= 11 is 1.70. The Labute approximate surface area is 138 Å². The molecule has 1 unspecified atom stereocenters. The van der Waals surface area contributed by atoms with Crippen LogP contribution < -0.4 is 11.0 Å². The third-order valence-corrected chi connectivity index (χ3v) is 5.09. The summed E-state index contributed by atoms with van der Waals surface area (Å²) in [4.78, 5) is 34.0. The van der Waals surface area contributed by atoms with E-state index in [1.54, 1.807) is 24.3 Å². The fourth-order valence-electron chi connectivity index (χ4n) is 3.03. The second kappa shape index (κ2) is 6.23. The van der Waals surface area contributed by atoms with Crippen LogP contribution in [0, 0.1) is 20.8 Å². The lowest BCUT2D eigenvalue weighted by atomic mass is 9.97. The molecule has 1 amide bonds. The fourth-order valence-corrected chi connectivity index (χ4v) is 4.07. The van der Waals surface area contributed by atoms with Crippen LogP contribution >= 0.6 is 11.3 Å². The fraction of sp³-hybridized carbons (Fsp3) is 0.500. The molecule has 122 valence electrons. The number of thiazole rings is 1. The lowest BCUT2D eigenvalue weighted by molar-refractivity contribution is -0.122. The molecular formula is C16H20N4O2S. The summed E-state index contributed by atoms with van der Waals surface area (Å²) in [6.07, 6.45) is 2.97. The molecule has 6 nitrogen and oxygen atoms in total. The van der Waals surface area contributed by atoms with Crippen LogP contribution in [0.4, 0.5) is 0 Å². The molecule has 0 radical (unpaired) electrons. The normalized spacial score (nSPS) is 16.9. The van der Waals surface area contributed by atoms with Crippen molar-refractivity contribution < 1.29 is 4.79 Å². The van der Waals surface area contributed by atoms with Gasteiger partial charge >= 0.3 is 5.69 Å². The maximum Gasteiger partial charge on any atom is 0.348 e. The highest BCUT2D eigenvalue weighted by atomic mass is 32.1. The molecule has 0 saturated heterocycles. The molecule has 0 fully saturated rings. The number of fused-ring (bicyclic) bond motifs is 1. The van der Waals surface area contributed by atoms with Crippen molar-refractivity contribution in [3.05, 3.63) is 43.5 Å². The van der Waals surface area contributed by atoms with Crippen molar-refractivity contribution in [2.24, 2.45) is 0 Å². The van der Waals surface area contributed by atoms with E-state index >= 15 is 0 Å². The van der Waals surface area contributed by atoms with Gasteiger partial charge in [-0.1, -0.05) is 0 Å². The van der Waals surface area contributed by atoms with Crippen molar-refractivity contribution in [3.63, 3.8) is 0 Å². The number of carbonyl (C=O) groups excluding carboxylic acids is 1. The second-order valence-electron chi connectivity index (χ2n) is 5.96. The number of hydrogen-bond acceptors (Lipinski definition) is 5. The van der Waals surface area contributed by atoms with Gasteiger partial charge in [0.15, 0.2) is 0 Å². The van der Waals surface area contributed by atoms with E-state index in [1.807, 2.05) is 13.8 Å². The van der Waals surface area contributed by atoms with Gasteiger partial charge in [-0.25, -0.2) is 9.78 Å². The van der Waals surface area contributed by atoms with Crippen LogP contribution in [0.5, 0.6) is 0 Å².